The number of halogens is 3. The molecule has 0 spiro atoms. The summed E-state index contributed by atoms with van der Waals surface area (Å²) < 4.78 is 42.5. The molecule has 1 aliphatic heterocycles. The van der Waals surface area contributed by atoms with E-state index in [4.69, 9.17) is 0 Å². The molecule has 40 heavy (non-hydrogen) atoms. The number of nitrogens with zero attached hydrogens (tertiary/aromatic N) is 2. The van der Waals surface area contributed by atoms with E-state index in [1.54, 1.807) is 17.4 Å². The van der Waals surface area contributed by atoms with Gasteiger partial charge in [-0.3, -0.25) is 9.69 Å². The van der Waals surface area contributed by atoms with Crippen molar-refractivity contribution in [1.29, 1.82) is 0 Å². The highest BCUT2D eigenvalue weighted by Crippen LogP contribution is 2.34. The maximum atomic E-state index is 13.8. The van der Waals surface area contributed by atoms with Crippen LogP contribution in [0.5, 0.6) is 0 Å². The summed E-state index contributed by atoms with van der Waals surface area (Å²) in [5.74, 6) is -0.544. The standard InChI is InChI=1S/C32H34F3N3OS/c1-3-11-37(12-4-2)20-23-15-26(18-27(16-23)32(33,34)35)31(39)36-28-8-7-24-9-13-38(29(24)19-28)21-22-5-6-25-10-14-40-30(25)17-22/h5-8,10,14-19H,3-4,9,11-13,20-21H2,1-2H3,(H,36,39). The molecule has 4 aromatic rings. The van der Waals surface area contributed by atoms with Crippen molar-refractivity contribution in [2.45, 2.75) is 52.4 Å². The van der Waals surface area contributed by atoms with Gasteiger partial charge in [-0.15, -0.1) is 11.3 Å². The summed E-state index contributed by atoms with van der Waals surface area (Å²) in [6, 6.07) is 18.1. The molecule has 1 aromatic heterocycles. The van der Waals surface area contributed by atoms with E-state index in [0.717, 1.165) is 63.3 Å². The second-order valence-electron chi connectivity index (χ2n) is 10.5. The summed E-state index contributed by atoms with van der Waals surface area (Å²) in [5.41, 5.74) is 3.73. The summed E-state index contributed by atoms with van der Waals surface area (Å²) in [6.45, 7) is 7.68. The molecule has 1 amide bonds. The van der Waals surface area contributed by atoms with E-state index in [1.807, 2.05) is 32.0 Å². The van der Waals surface area contributed by atoms with Gasteiger partial charge in [0.1, 0.15) is 0 Å². The molecule has 210 valence electrons. The van der Waals surface area contributed by atoms with Gasteiger partial charge in [-0.1, -0.05) is 32.0 Å². The molecule has 0 fully saturated rings. The topological polar surface area (TPSA) is 35.6 Å². The number of hydrogen-bond donors (Lipinski definition) is 1. The van der Waals surface area contributed by atoms with Gasteiger partial charge in [0.2, 0.25) is 0 Å². The van der Waals surface area contributed by atoms with E-state index in [2.05, 4.69) is 44.8 Å². The quantitative estimate of drug-likeness (QED) is 0.210. The third kappa shape index (κ3) is 6.50. The normalized spacial score (nSPS) is 13.3. The van der Waals surface area contributed by atoms with Crippen LogP contribution in [0.15, 0.2) is 66.0 Å². The third-order valence-corrected chi connectivity index (χ3v) is 8.18. The molecule has 0 atom stereocenters. The van der Waals surface area contributed by atoms with Crippen LogP contribution in [0, 0.1) is 0 Å². The van der Waals surface area contributed by atoms with Crippen molar-refractivity contribution in [1.82, 2.24) is 4.90 Å². The minimum atomic E-state index is -4.54. The highest BCUT2D eigenvalue weighted by atomic mass is 32.1. The number of hydrogen-bond acceptors (Lipinski definition) is 4. The Hall–Kier alpha value is -3.36. The van der Waals surface area contributed by atoms with Crippen molar-refractivity contribution < 1.29 is 18.0 Å². The molecular weight excluding hydrogens is 531 g/mol. The van der Waals surface area contributed by atoms with Gasteiger partial charge >= 0.3 is 6.18 Å². The molecule has 1 aliphatic rings. The first-order valence-electron chi connectivity index (χ1n) is 13.8. The van der Waals surface area contributed by atoms with Gasteiger partial charge in [-0.25, -0.2) is 0 Å². The van der Waals surface area contributed by atoms with Crippen molar-refractivity contribution in [3.8, 4) is 0 Å². The highest BCUT2D eigenvalue weighted by molar-refractivity contribution is 7.17. The van der Waals surface area contributed by atoms with E-state index in [0.29, 0.717) is 17.8 Å². The summed E-state index contributed by atoms with van der Waals surface area (Å²) in [6.07, 6.45) is -1.81. The number of nitrogens with one attached hydrogen (secondary N) is 1. The van der Waals surface area contributed by atoms with E-state index in [1.165, 1.54) is 21.2 Å². The number of carbonyl (C=O) groups is 1. The first-order chi connectivity index (χ1) is 19.2. The first kappa shape index (κ1) is 28.2. The van der Waals surface area contributed by atoms with Crippen LogP contribution in [0.1, 0.15) is 59.3 Å². The summed E-state index contributed by atoms with van der Waals surface area (Å²) >= 11 is 1.72. The molecule has 0 radical (unpaired) electrons. The molecule has 2 heterocycles. The predicted molar refractivity (Wildman–Crippen MR) is 158 cm³/mol. The van der Waals surface area contributed by atoms with Crippen LogP contribution < -0.4 is 10.2 Å². The number of rotatable bonds is 10. The summed E-state index contributed by atoms with van der Waals surface area (Å²) in [4.78, 5) is 17.7. The van der Waals surface area contributed by atoms with Crippen molar-refractivity contribution in [2.75, 3.05) is 29.9 Å². The lowest BCUT2D eigenvalue weighted by Crippen LogP contribution is -2.25. The lowest BCUT2D eigenvalue weighted by Gasteiger charge is -2.22. The Kier molecular flexibility index (Phi) is 8.47. The second kappa shape index (κ2) is 12.0. The minimum absolute atomic E-state index is 0.0133. The first-order valence-corrected chi connectivity index (χ1v) is 14.7. The van der Waals surface area contributed by atoms with E-state index < -0.39 is 17.6 Å². The van der Waals surface area contributed by atoms with Crippen LogP contribution in [0.4, 0.5) is 24.5 Å². The Labute approximate surface area is 237 Å². The lowest BCUT2D eigenvalue weighted by atomic mass is 10.0. The summed E-state index contributed by atoms with van der Waals surface area (Å²) in [7, 11) is 0. The van der Waals surface area contributed by atoms with Gasteiger partial charge < -0.3 is 10.2 Å². The second-order valence-corrected chi connectivity index (χ2v) is 11.4. The Morgan fingerprint density at radius 3 is 2.52 bits per heavy atom. The van der Waals surface area contributed by atoms with Crippen LogP contribution in [0.2, 0.25) is 0 Å². The Morgan fingerprint density at radius 1 is 0.975 bits per heavy atom. The van der Waals surface area contributed by atoms with Crippen LogP contribution >= 0.6 is 11.3 Å². The van der Waals surface area contributed by atoms with Crippen molar-refractivity contribution in [3.05, 3.63) is 93.9 Å². The van der Waals surface area contributed by atoms with Gasteiger partial charge in [0.05, 0.1) is 5.56 Å². The molecule has 0 saturated heterocycles. The highest BCUT2D eigenvalue weighted by Gasteiger charge is 2.32. The number of anilines is 2. The van der Waals surface area contributed by atoms with Crippen molar-refractivity contribution in [3.63, 3.8) is 0 Å². The van der Waals surface area contributed by atoms with Crippen LogP contribution in [-0.4, -0.2) is 30.4 Å². The fraction of sp³-hybridized carbons (Fsp3) is 0.344. The van der Waals surface area contributed by atoms with Crippen LogP contribution in [0.25, 0.3) is 10.1 Å². The Bertz CT molecular complexity index is 1490. The average Bonchev–Trinajstić information content (AvgIpc) is 3.55. The maximum absolute atomic E-state index is 13.8. The Balaban J connectivity index is 1.35. The van der Waals surface area contributed by atoms with Gasteiger partial charge in [0.25, 0.3) is 5.91 Å². The number of amides is 1. The smallest absolute Gasteiger partial charge is 0.367 e. The molecule has 3 aromatic carbocycles. The van der Waals surface area contributed by atoms with E-state index in [-0.39, 0.29) is 5.56 Å². The van der Waals surface area contributed by atoms with Gasteiger partial charge in [-0.05, 0) is 102 Å². The molecular formula is C32H34F3N3OS. The molecule has 5 rings (SSSR count). The molecule has 0 aliphatic carbocycles. The molecule has 0 bridgehead atoms. The zero-order valence-electron chi connectivity index (χ0n) is 22.9. The third-order valence-electron chi connectivity index (χ3n) is 7.30. The number of fused-ring (bicyclic) bond motifs is 2. The SMILES string of the molecule is CCCN(CCC)Cc1cc(C(=O)Nc2ccc3c(c2)N(Cc2ccc4ccsc4c2)CC3)cc(C(F)(F)F)c1. The average molecular weight is 566 g/mol. The van der Waals surface area contributed by atoms with Crippen molar-refractivity contribution in [2.24, 2.45) is 0 Å². The molecule has 8 heteroatoms. The molecule has 4 nitrogen and oxygen atoms in total. The van der Waals surface area contributed by atoms with Gasteiger partial charge in [0.15, 0.2) is 0 Å². The van der Waals surface area contributed by atoms with Crippen LogP contribution in [0.3, 0.4) is 0 Å². The van der Waals surface area contributed by atoms with E-state index >= 15 is 0 Å². The molecule has 0 unspecified atom stereocenters. The summed E-state index contributed by atoms with van der Waals surface area (Å²) in [5, 5.41) is 6.19. The molecule has 0 saturated carbocycles. The number of alkyl halides is 3. The number of thiophene rings is 1. The van der Waals surface area contributed by atoms with E-state index in [9.17, 15) is 18.0 Å². The van der Waals surface area contributed by atoms with Gasteiger partial charge in [-0.2, -0.15) is 13.2 Å². The lowest BCUT2D eigenvalue weighted by molar-refractivity contribution is -0.137. The fourth-order valence-electron chi connectivity index (χ4n) is 5.45. The minimum Gasteiger partial charge on any atom is -0.367 e. The zero-order chi connectivity index (χ0) is 28.3. The predicted octanol–water partition coefficient (Wildman–Crippen LogP) is 8.36. The number of carbonyl (C=O) groups excluding carboxylic acids is 1. The monoisotopic (exact) mass is 565 g/mol. The van der Waals surface area contributed by atoms with Crippen LogP contribution in [-0.2, 0) is 25.7 Å². The maximum Gasteiger partial charge on any atom is 0.416 e. The zero-order valence-corrected chi connectivity index (χ0v) is 23.7. The number of benzene rings is 3. The Morgan fingerprint density at radius 2 is 1.77 bits per heavy atom. The molecule has 1 N–H and O–H groups in total. The van der Waals surface area contributed by atoms with Crippen molar-refractivity contribution >= 4 is 38.7 Å². The fourth-order valence-corrected chi connectivity index (χ4v) is 6.30. The largest absolute Gasteiger partial charge is 0.416 e. The van der Waals surface area contributed by atoms with Gasteiger partial charge in [0, 0.05) is 41.3 Å².